The minimum atomic E-state index is -0.00388. The van der Waals surface area contributed by atoms with E-state index in [0.29, 0.717) is 5.92 Å². The van der Waals surface area contributed by atoms with E-state index in [-0.39, 0.29) is 12.1 Å². The number of para-hydroxylation sites is 1. The third-order valence-corrected chi connectivity index (χ3v) is 3.55. The number of rotatable bonds is 5. The summed E-state index contributed by atoms with van der Waals surface area (Å²) in [4.78, 5) is 4.38. The van der Waals surface area contributed by atoms with Crippen LogP contribution in [0.1, 0.15) is 19.4 Å². The highest BCUT2D eigenvalue weighted by Gasteiger charge is 2.21. The lowest BCUT2D eigenvalue weighted by Crippen LogP contribution is -2.41. The Morgan fingerprint density at radius 1 is 1.21 bits per heavy atom. The zero-order valence-electron chi connectivity index (χ0n) is 11.8. The van der Waals surface area contributed by atoms with E-state index in [0.717, 1.165) is 11.9 Å². The lowest BCUT2D eigenvalue weighted by Gasteiger charge is -2.26. The molecule has 0 bridgehead atoms. The monoisotopic (exact) mass is 258 g/mol. The van der Waals surface area contributed by atoms with Crippen LogP contribution < -0.4 is 5.73 Å². The molecule has 2 aromatic rings. The lowest BCUT2D eigenvalue weighted by molar-refractivity contribution is 0.0442. The molecule has 19 heavy (non-hydrogen) atoms. The van der Waals surface area contributed by atoms with Gasteiger partial charge in [-0.3, -0.25) is 4.98 Å². The van der Waals surface area contributed by atoms with E-state index >= 15 is 0 Å². The Morgan fingerprint density at radius 3 is 2.63 bits per heavy atom. The van der Waals surface area contributed by atoms with Crippen LogP contribution in [0.15, 0.2) is 36.5 Å². The second-order valence-electron chi connectivity index (χ2n) is 5.30. The van der Waals surface area contributed by atoms with Gasteiger partial charge < -0.3 is 10.5 Å². The summed E-state index contributed by atoms with van der Waals surface area (Å²) in [5, 5.41) is 1.18. The summed E-state index contributed by atoms with van der Waals surface area (Å²) in [5.41, 5.74) is 8.56. The number of nitrogens with two attached hydrogens (primary N) is 1. The third kappa shape index (κ3) is 3.11. The first-order valence-electron chi connectivity index (χ1n) is 6.74. The number of nitrogens with zero attached hydrogens (tertiary/aromatic N) is 1. The molecule has 0 aliphatic rings. The predicted molar refractivity (Wildman–Crippen MR) is 79.1 cm³/mol. The summed E-state index contributed by atoms with van der Waals surface area (Å²) in [5.74, 6) is 0.410. The molecule has 1 aromatic carbocycles. The average molecular weight is 258 g/mol. The molecule has 102 valence electrons. The zero-order chi connectivity index (χ0) is 13.8. The fourth-order valence-electron chi connectivity index (χ4n) is 2.64. The molecule has 0 saturated carbocycles. The summed E-state index contributed by atoms with van der Waals surface area (Å²) in [6.07, 6.45) is 2.73. The van der Waals surface area contributed by atoms with Crippen molar-refractivity contribution < 1.29 is 4.74 Å². The highest BCUT2D eigenvalue weighted by molar-refractivity contribution is 5.81. The topological polar surface area (TPSA) is 48.1 Å². The first kappa shape index (κ1) is 14.0. The van der Waals surface area contributed by atoms with E-state index in [1.165, 1.54) is 10.9 Å². The van der Waals surface area contributed by atoms with E-state index in [4.69, 9.17) is 10.5 Å². The standard InChI is InChI=1S/C16H22N2O/c1-11(2)16(19-3)14(17)10-12-8-9-18-15-7-5-4-6-13(12)15/h4-9,11,14,16H,10,17H2,1-3H3. The van der Waals surface area contributed by atoms with Gasteiger partial charge in [-0.2, -0.15) is 0 Å². The number of aromatic nitrogens is 1. The Labute approximate surface area is 114 Å². The summed E-state index contributed by atoms with van der Waals surface area (Å²) in [6, 6.07) is 10.2. The van der Waals surface area contributed by atoms with Crippen molar-refractivity contribution in [3.05, 3.63) is 42.1 Å². The number of benzene rings is 1. The van der Waals surface area contributed by atoms with Crippen LogP contribution in [-0.4, -0.2) is 24.2 Å². The van der Waals surface area contributed by atoms with E-state index in [2.05, 4.69) is 31.0 Å². The van der Waals surface area contributed by atoms with Crippen LogP contribution in [-0.2, 0) is 11.2 Å². The van der Waals surface area contributed by atoms with Crippen LogP contribution in [0.2, 0.25) is 0 Å². The number of hydrogen-bond acceptors (Lipinski definition) is 3. The molecule has 0 saturated heterocycles. The molecule has 2 atom stereocenters. The van der Waals surface area contributed by atoms with Crippen LogP contribution in [0.3, 0.4) is 0 Å². The van der Waals surface area contributed by atoms with Crippen LogP contribution in [0.5, 0.6) is 0 Å². The smallest absolute Gasteiger partial charge is 0.0748 e. The molecular formula is C16H22N2O. The van der Waals surface area contributed by atoms with Crippen molar-refractivity contribution in [2.24, 2.45) is 11.7 Å². The number of ether oxygens (including phenoxy) is 1. The van der Waals surface area contributed by atoms with Crippen LogP contribution in [0.25, 0.3) is 10.9 Å². The maximum atomic E-state index is 6.31. The third-order valence-electron chi connectivity index (χ3n) is 3.55. The van der Waals surface area contributed by atoms with Crippen LogP contribution in [0.4, 0.5) is 0 Å². The molecular weight excluding hydrogens is 236 g/mol. The van der Waals surface area contributed by atoms with Crippen molar-refractivity contribution in [3.63, 3.8) is 0 Å². The fraction of sp³-hybridized carbons (Fsp3) is 0.438. The minimum Gasteiger partial charge on any atom is -0.380 e. The highest BCUT2D eigenvalue weighted by atomic mass is 16.5. The number of hydrogen-bond donors (Lipinski definition) is 1. The maximum absolute atomic E-state index is 6.31. The normalized spacial score (nSPS) is 14.8. The van der Waals surface area contributed by atoms with Gasteiger partial charge in [0, 0.05) is 24.7 Å². The van der Waals surface area contributed by atoms with Crippen molar-refractivity contribution >= 4 is 10.9 Å². The molecule has 0 amide bonds. The molecule has 0 aliphatic heterocycles. The number of methoxy groups -OCH3 is 1. The van der Waals surface area contributed by atoms with Crippen molar-refractivity contribution in [1.29, 1.82) is 0 Å². The second-order valence-corrected chi connectivity index (χ2v) is 5.30. The number of fused-ring (bicyclic) bond motifs is 1. The van der Waals surface area contributed by atoms with Crippen molar-refractivity contribution in [2.45, 2.75) is 32.4 Å². The van der Waals surface area contributed by atoms with Gasteiger partial charge in [-0.05, 0) is 30.0 Å². The average Bonchev–Trinajstić information content (AvgIpc) is 2.39. The molecule has 0 aliphatic carbocycles. The van der Waals surface area contributed by atoms with Gasteiger partial charge in [-0.25, -0.2) is 0 Å². The fourth-order valence-corrected chi connectivity index (χ4v) is 2.64. The molecule has 0 radical (unpaired) electrons. The van der Waals surface area contributed by atoms with E-state index in [1.54, 1.807) is 7.11 Å². The van der Waals surface area contributed by atoms with Gasteiger partial charge in [0.2, 0.25) is 0 Å². The Kier molecular flexibility index (Phi) is 4.51. The van der Waals surface area contributed by atoms with Crippen molar-refractivity contribution in [1.82, 2.24) is 4.98 Å². The predicted octanol–water partition coefficient (Wildman–Crippen LogP) is 2.78. The molecule has 2 unspecified atom stereocenters. The molecule has 2 N–H and O–H groups in total. The highest BCUT2D eigenvalue weighted by Crippen LogP contribution is 2.20. The lowest BCUT2D eigenvalue weighted by atomic mass is 9.93. The molecule has 0 spiro atoms. The van der Waals surface area contributed by atoms with E-state index in [9.17, 15) is 0 Å². The quantitative estimate of drug-likeness (QED) is 0.897. The van der Waals surface area contributed by atoms with E-state index in [1.807, 2.05) is 24.4 Å². The molecule has 0 fully saturated rings. The van der Waals surface area contributed by atoms with Crippen LogP contribution >= 0.6 is 0 Å². The van der Waals surface area contributed by atoms with Crippen molar-refractivity contribution in [3.8, 4) is 0 Å². The Bertz CT molecular complexity index is 534. The van der Waals surface area contributed by atoms with Gasteiger partial charge in [0.15, 0.2) is 0 Å². The van der Waals surface area contributed by atoms with Crippen LogP contribution in [0, 0.1) is 5.92 Å². The van der Waals surface area contributed by atoms with Gasteiger partial charge in [-0.15, -0.1) is 0 Å². The Morgan fingerprint density at radius 2 is 1.95 bits per heavy atom. The largest absolute Gasteiger partial charge is 0.380 e. The maximum Gasteiger partial charge on any atom is 0.0748 e. The van der Waals surface area contributed by atoms with Gasteiger partial charge in [0.25, 0.3) is 0 Å². The number of pyridine rings is 1. The minimum absolute atomic E-state index is 0.00388. The first-order chi connectivity index (χ1) is 9.13. The summed E-state index contributed by atoms with van der Waals surface area (Å²) >= 11 is 0. The van der Waals surface area contributed by atoms with Gasteiger partial charge in [-0.1, -0.05) is 32.0 Å². The Hall–Kier alpha value is -1.45. The van der Waals surface area contributed by atoms with Gasteiger partial charge in [0.05, 0.1) is 11.6 Å². The zero-order valence-corrected chi connectivity index (χ0v) is 11.8. The second kappa shape index (κ2) is 6.13. The summed E-state index contributed by atoms with van der Waals surface area (Å²) in [7, 11) is 1.73. The molecule has 1 aromatic heterocycles. The summed E-state index contributed by atoms with van der Waals surface area (Å²) in [6.45, 7) is 4.28. The summed E-state index contributed by atoms with van der Waals surface area (Å²) < 4.78 is 5.52. The molecule has 3 heteroatoms. The first-order valence-corrected chi connectivity index (χ1v) is 6.74. The van der Waals surface area contributed by atoms with Crippen molar-refractivity contribution in [2.75, 3.05) is 7.11 Å². The SMILES string of the molecule is COC(C(C)C)C(N)Cc1ccnc2ccccc12. The molecule has 2 rings (SSSR count). The Balaban J connectivity index is 2.26. The van der Waals surface area contributed by atoms with E-state index < -0.39 is 0 Å². The molecule has 3 nitrogen and oxygen atoms in total. The van der Waals surface area contributed by atoms with Gasteiger partial charge >= 0.3 is 0 Å². The van der Waals surface area contributed by atoms with Gasteiger partial charge in [0.1, 0.15) is 0 Å². The molecule has 1 heterocycles.